The number of hydrogen-bond acceptors (Lipinski definition) is 3. The molecule has 0 unspecified atom stereocenters. The highest BCUT2D eigenvalue weighted by molar-refractivity contribution is 6.31. The van der Waals surface area contributed by atoms with Crippen molar-refractivity contribution < 1.29 is 14.0 Å². The molecule has 2 aliphatic rings. The van der Waals surface area contributed by atoms with Crippen molar-refractivity contribution >= 4 is 40.6 Å². The quantitative estimate of drug-likeness (QED) is 0.580. The number of carbonyl (C=O) groups is 2. The normalized spacial score (nSPS) is 27.0. The Morgan fingerprint density at radius 1 is 1.19 bits per heavy atom. The highest BCUT2D eigenvalue weighted by atomic mass is 35.5. The fourth-order valence-electron chi connectivity index (χ4n) is 5.42. The number of carbonyl (C=O) groups excluding carboxylic acids is 2. The second-order valence-corrected chi connectivity index (χ2v) is 10.8. The predicted molar refractivity (Wildman–Crippen MR) is 126 cm³/mol. The number of benzene rings is 2. The summed E-state index contributed by atoms with van der Waals surface area (Å²) >= 11 is 12.4. The van der Waals surface area contributed by atoms with Gasteiger partial charge in [-0.25, -0.2) is 4.39 Å². The maximum Gasteiger partial charge on any atom is 0.237 e. The van der Waals surface area contributed by atoms with Crippen molar-refractivity contribution in [2.45, 2.75) is 64.0 Å². The predicted octanol–water partition coefficient (Wildman–Crippen LogP) is 5.86. The Labute approximate surface area is 197 Å². The molecule has 2 aromatic carbocycles. The number of fused-ring (bicyclic) bond motifs is 2. The van der Waals surface area contributed by atoms with Crippen LogP contribution in [0.5, 0.6) is 0 Å². The van der Waals surface area contributed by atoms with Crippen molar-refractivity contribution in [3.63, 3.8) is 0 Å². The average molecular weight is 477 g/mol. The topological polar surface area (TPSA) is 58.2 Å². The first kappa shape index (κ1) is 23.2. The lowest BCUT2D eigenvalue weighted by molar-refractivity contribution is -0.122. The van der Waals surface area contributed by atoms with Crippen LogP contribution < -0.4 is 10.6 Å². The summed E-state index contributed by atoms with van der Waals surface area (Å²) < 4.78 is 15.4. The van der Waals surface area contributed by atoms with Gasteiger partial charge in [0, 0.05) is 29.1 Å². The number of rotatable bonds is 4. The molecule has 4 nitrogen and oxygen atoms in total. The van der Waals surface area contributed by atoms with Crippen molar-refractivity contribution in [2.24, 2.45) is 5.41 Å². The minimum Gasteiger partial charge on any atom is -0.325 e. The molecule has 0 radical (unpaired) electrons. The third-order valence-electron chi connectivity index (χ3n) is 6.63. The van der Waals surface area contributed by atoms with E-state index in [0.717, 1.165) is 5.56 Å². The summed E-state index contributed by atoms with van der Waals surface area (Å²) in [6.45, 7) is 8.04. The lowest BCUT2D eigenvalue weighted by Crippen LogP contribution is -2.49. The number of hydrogen-bond donors (Lipinski definition) is 2. The molecule has 1 saturated heterocycles. The van der Waals surface area contributed by atoms with Crippen molar-refractivity contribution in [2.75, 3.05) is 5.32 Å². The number of amides is 1. The van der Waals surface area contributed by atoms with Gasteiger partial charge in [-0.15, -0.1) is 0 Å². The molecular weight excluding hydrogens is 450 g/mol. The van der Waals surface area contributed by atoms with Crippen LogP contribution in [0.3, 0.4) is 0 Å². The lowest BCUT2D eigenvalue weighted by atomic mass is 9.62. The SMILES string of the molecule is CCC(=O)[C@@H]1N[C@@H](CC(C)(C)C)[C@@]2(C(=O)Nc3cc(Cl)ccc32)[C@H]1c1cccc(Cl)c1F. The molecule has 2 heterocycles. The molecule has 0 saturated carbocycles. The molecule has 1 amide bonds. The van der Waals surface area contributed by atoms with Crippen LogP contribution >= 0.6 is 23.2 Å². The summed E-state index contributed by atoms with van der Waals surface area (Å²) in [5, 5.41) is 6.89. The molecular formula is C25H27Cl2FN2O2. The molecule has 0 bridgehead atoms. The molecule has 0 aromatic heterocycles. The first-order valence-electron chi connectivity index (χ1n) is 10.8. The van der Waals surface area contributed by atoms with Crippen molar-refractivity contribution in [1.29, 1.82) is 0 Å². The molecule has 1 fully saturated rings. The summed E-state index contributed by atoms with van der Waals surface area (Å²) in [6.07, 6.45) is 0.873. The van der Waals surface area contributed by atoms with Gasteiger partial charge in [-0.3, -0.25) is 9.59 Å². The van der Waals surface area contributed by atoms with E-state index < -0.39 is 29.2 Å². The van der Waals surface area contributed by atoms with Crippen LogP contribution in [0.15, 0.2) is 36.4 Å². The molecule has 0 aliphatic carbocycles. The zero-order valence-corrected chi connectivity index (χ0v) is 20.1. The summed E-state index contributed by atoms with van der Waals surface area (Å²) in [4.78, 5) is 27.0. The molecule has 170 valence electrons. The molecule has 1 spiro atoms. The van der Waals surface area contributed by atoms with Gasteiger partial charge in [0.25, 0.3) is 0 Å². The van der Waals surface area contributed by atoms with Gasteiger partial charge >= 0.3 is 0 Å². The Morgan fingerprint density at radius 2 is 1.91 bits per heavy atom. The highest BCUT2D eigenvalue weighted by Crippen LogP contribution is 2.57. The largest absolute Gasteiger partial charge is 0.325 e. The van der Waals surface area contributed by atoms with Crippen LogP contribution in [0.25, 0.3) is 0 Å². The molecule has 32 heavy (non-hydrogen) atoms. The van der Waals surface area contributed by atoms with Crippen LogP contribution in [0.2, 0.25) is 10.0 Å². The van der Waals surface area contributed by atoms with Gasteiger partial charge in [-0.1, -0.05) is 69.1 Å². The van der Waals surface area contributed by atoms with Crippen LogP contribution in [-0.4, -0.2) is 23.8 Å². The van der Waals surface area contributed by atoms with Gasteiger partial charge < -0.3 is 10.6 Å². The van der Waals surface area contributed by atoms with Gasteiger partial charge in [0.2, 0.25) is 5.91 Å². The standard InChI is InChI=1S/C25H27Cl2FN2O2/c1-5-18(31)22-20(14-7-6-8-16(27)21(14)28)25(19(30-22)12-24(2,3)4)15-10-9-13(26)11-17(15)29-23(25)32/h6-11,19-20,22,30H,5,12H2,1-4H3,(H,29,32)/t19-,20-,22-,25+/m0/s1. The van der Waals surface area contributed by atoms with Crippen molar-refractivity contribution in [1.82, 2.24) is 5.32 Å². The van der Waals surface area contributed by atoms with Gasteiger partial charge in [-0.2, -0.15) is 0 Å². The van der Waals surface area contributed by atoms with E-state index in [-0.39, 0.29) is 34.1 Å². The Kier molecular flexibility index (Phi) is 5.89. The van der Waals surface area contributed by atoms with E-state index in [4.69, 9.17) is 23.2 Å². The van der Waals surface area contributed by atoms with E-state index in [1.165, 1.54) is 6.07 Å². The molecule has 2 aromatic rings. The van der Waals surface area contributed by atoms with E-state index in [1.807, 2.05) is 6.07 Å². The number of anilines is 1. The van der Waals surface area contributed by atoms with Gasteiger partial charge in [0.15, 0.2) is 0 Å². The zero-order valence-electron chi connectivity index (χ0n) is 18.6. The third kappa shape index (κ3) is 3.55. The number of ketones is 1. The summed E-state index contributed by atoms with van der Waals surface area (Å²) in [5.41, 5.74) is 0.256. The Hall–Kier alpha value is -1.95. The second kappa shape index (κ2) is 8.12. The van der Waals surface area contributed by atoms with E-state index in [0.29, 0.717) is 17.1 Å². The Bertz CT molecular complexity index is 1100. The minimum atomic E-state index is -1.19. The molecule has 7 heteroatoms. The highest BCUT2D eigenvalue weighted by Gasteiger charge is 2.65. The van der Waals surface area contributed by atoms with Gasteiger partial charge in [0.1, 0.15) is 17.0 Å². The third-order valence-corrected chi connectivity index (χ3v) is 7.16. The molecule has 2 aliphatic heterocycles. The lowest BCUT2D eigenvalue weighted by Gasteiger charge is -2.37. The summed E-state index contributed by atoms with van der Waals surface area (Å²) in [6, 6.07) is 8.90. The fraction of sp³-hybridized carbons (Fsp3) is 0.440. The second-order valence-electron chi connectivity index (χ2n) is 9.92. The Morgan fingerprint density at radius 3 is 2.56 bits per heavy atom. The van der Waals surface area contributed by atoms with E-state index in [2.05, 4.69) is 31.4 Å². The first-order chi connectivity index (χ1) is 15.0. The smallest absolute Gasteiger partial charge is 0.237 e. The average Bonchev–Trinajstić information content (AvgIpc) is 3.18. The number of Topliss-reactive ketones (excluding diaryl/α,β-unsaturated/α-hetero) is 1. The fourth-order valence-corrected chi connectivity index (χ4v) is 5.78. The van der Waals surface area contributed by atoms with Crippen molar-refractivity contribution in [3.8, 4) is 0 Å². The summed E-state index contributed by atoms with van der Waals surface area (Å²) in [7, 11) is 0. The van der Waals surface area contributed by atoms with E-state index in [1.54, 1.807) is 31.2 Å². The maximum atomic E-state index is 15.4. The van der Waals surface area contributed by atoms with E-state index in [9.17, 15) is 9.59 Å². The van der Waals surface area contributed by atoms with Crippen LogP contribution in [0, 0.1) is 11.2 Å². The molecule has 4 atom stereocenters. The van der Waals surface area contributed by atoms with E-state index >= 15 is 4.39 Å². The zero-order chi connectivity index (χ0) is 23.4. The summed E-state index contributed by atoms with van der Waals surface area (Å²) in [5.74, 6) is -1.68. The maximum absolute atomic E-state index is 15.4. The number of nitrogens with one attached hydrogen (secondary N) is 2. The van der Waals surface area contributed by atoms with Gasteiger partial charge in [-0.05, 0) is 41.2 Å². The number of halogens is 3. The minimum absolute atomic E-state index is 0.0330. The van der Waals surface area contributed by atoms with Crippen LogP contribution in [0.4, 0.5) is 10.1 Å². The monoisotopic (exact) mass is 476 g/mol. The molecule has 4 rings (SSSR count). The van der Waals surface area contributed by atoms with Crippen LogP contribution in [-0.2, 0) is 15.0 Å². The molecule has 2 N–H and O–H groups in total. The first-order valence-corrected chi connectivity index (χ1v) is 11.6. The van der Waals surface area contributed by atoms with Gasteiger partial charge in [0.05, 0.1) is 11.1 Å². The van der Waals surface area contributed by atoms with Crippen LogP contribution in [0.1, 0.15) is 57.6 Å². The Balaban J connectivity index is 2.04. The van der Waals surface area contributed by atoms with Crippen molar-refractivity contribution in [3.05, 3.63) is 63.4 Å².